The van der Waals surface area contributed by atoms with Gasteiger partial charge in [0.1, 0.15) is 5.82 Å². The summed E-state index contributed by atoms with van der Waals surface area (Å²) < 4.78 is 34.1. The number of carbonyl (C=O) groups is 3. The standard InChI is InChI=1S/C32H30ClF2N3O4/c1-18-4-3-5-27(38-13-11-21(17-28(38)39)30-24(34)9-8-23(33)31(30)35)26-16-20(10-12-36-26)22-7-6-19(15-29(40)42-2)14-25(22)37-32(18)41/h6-10,12,14,16-18,27H,3-5,11,13,15H2,1-2H3,(H,37,41)/t18-,27+/m0/s1. The largest absolute Gasteiger partial charge is 0.469 e. The highest BCUT2D eigenvalue weighted by Crippen LogP contribution is 2.37. The number of anilines is 1. The van der Waals surface area contributed by atoms with Crippen LogP contribution in [0.2, 0.25) is 5.02 Å². The van der Waals surface area contributed by atoms with Crippen molar-refractivity contribution in [1.82, 2.24) is 9.88 Å². The zero-order valence-corrected chi connectivity index (χ0v) is 24.0. The van der Waals surface area contributed by atoms with Crippen LogP contribution in [0.5, 0.6) is 0 Å². The second-order valence-electron chi connectivity index (χ2n) is 10.6. The zero-order valence-electron chi connectivity index (χ0n) is 23.3. The summed E-state index contributed by atoms with van der Waals surface area (Å²) in [5.41, 5.74) is 3.43. The highest BCUT2D eigenvalue weighted by atomic mass is 35.5. The predicted molar refractivity (Wildman–Crippen MR) is 155 cm³/mol. The SMILES string of the molecule is COC(=O)Cc1ccc2c(c1)NC(=O)[C@@H](C)CCC[C@@H](N1CCC(c3c(F)ccc(Cl)c3F)=CC1=O)c1cc-2ccn1. The molecule has 1 N–H and O–H groups in total. The molecule has 7 nitrogen and oxygen atoms in total. The van der Waals surface area contributed by atoms with E-state index in [0.29, 0.717) is 36.2 Å². The van der Waals surface area contributed by atoms with Crippen LogP contribution in [-0.4, -0.2) is 41.3 Å². The van der Waals surface area contributed by atoms with Gasteiger partial charge in [-0.1, -0.05) is 37.1 Å². The summed E-state index contributed by atoms with van der Waals surface area (Å²) in [6, 6.07) is 11.0. The third kappa shape index (κ3) is 6.06. The maximum Gasteiger partial charge on any atom is 0.309 e. The van der Waals surface area contributed by atoms with E-state index in [1.807, 2.05) is 31.2 Å². The molecule has 0 saturated carbocycles. The lowest BCUT2D eigenvalue weighted by Gasteiger charge is -2.34. The fraction of sp³-hybridized carbons (Fsp3) is 0.312. The number of benzene rings is 2. The zero-order chi connectivity index (χ0) is 30.0. The molecule has 0 radical (unpaired) electrons. The first-order valence-electron chi connectivity index (χ1n) is 13.8. The first kappa shape index (κ1) is 29.4. The molecule has 3 heterocycles. The molecule has 0 saturated heterocycles. The highest BCUT2D eigenvalue weighted by molar-refractivity contribution is 6.31. The van der Waals surface area contributed by atoms with Crippen molar-refractivity contribution in [2.45, 2.75) is 45.1 Å². The van der Waals surface area contributed by atoms with Gasteiger partial charge in [-0.3, -0.25) is 19.4 Å². The summed E-state index contributed by atoms with van der Waals surface area (Å²) in [6.45, 7) is 2.08. The quantitative estimate of drug-likeness (QED) is 0.275. The van der Waals surface area contributed by atoms with Crippen LogP contribution >= 0.6 is 11.6 Å². The van der Waals surface area contributed by atoms with Crippen molar-refractivity contribution in [3.63, 3.8) is 0 Å². The van der Waals surface area contributed by atoms with Gasteiger partial charge in [0.15, 0.2) is 5.82 Å². The molecule has 0 unspecified atom stereocenters. The van der Waals surface area contributed by atoms with Gasteiger partial charge in [-0.2, -0.15) is 0 Å². The van der Waals surface area contributed by atoms with Crippen LogP contribution < -0.4 is 5.32 Å². The van der Waals surface area contributed by atoms with E-state index >= 15 is 0 Å². The molecule has 0 spiro atoms. The summed E-state index contributed by atoms with van der Waals surface area (Å²) in [5, 5.41) is 2.82. The average Bonchev–Trinajstić information content (AvgIpc) is 2.97. The van der Waals surface area contributed by atoms with Gasteiger partial charge in [0.25, 0.3) is 0 Å². The maximum atomic E-state index is 14.7. The van der Waals surface area contributed by atoms with Gasteiger partial charge in [-0.15, -0.1) is 0 Å². The first-order chi connectivity index (χ1) is 20.2. The Balaban J connectivity index is 1.52. The van der Waals surface area contributed by atoms with E-state index in [4.69, 9.17) is 16.3 Å². The summed E-state index contributed by atoms with van der Waals surface area (Å²) in [4.78, 5) is 44.8. The summed E-state index contributed by atoms with van der Waals surface area (Å²) in [7, 11) is 1.33. The van der Waals surface area contributed by atoms with Crippen LogP contribution in [0.4, 0.5) is 14.5 Å². The van der Waals surface area contributed by atoms with E-state index < -0.39 is 17.7 Å². The van der Waals surface area contributed by atoms with Crippen LogP contribution in [0.15, 0.2) is 54.7 Å². The number of rotatable bonds is 4. The van der Waals surface area contributed by atoms with Crippen LogP contribution in [0.3, 0.4) is 0 Å². The Morgan fingerprint density at radius 1 is 1.14 bits per heavy atom. The van der Waals surface area contributed by atoms with Crippen molar-refractivity contribution in [1.29, 1.82) is 0 Å². The molecule has 1 aromatic heterocycles. The van der Waals surface area contributed by atoms with Crippen molar-refractivity contribution < 1.29 is 27.9 Å². The maximum absolute atomic E-state index is 14.7. The molecule has 42 heavy (non-hydrogen) atoms. The number of pyridine rings is 1. The fourth-order valence-electron chi connectivity index (χ4n) is 5.54. The third-order valence-corrected chi connectivity index (χ3v) is 8.15. The molecule has 2 amide bonds. The summed E-state index contributed by atoms with van der Waals surface area (Å²) >= 11 is 5.89. The Kier molecular flexibility index (Phi) is 8.68. The van der Waals surface area contributed by atoms with Crippen molar-refractivity contribution in [3.05, 3.63) is 88.2 Å². The number of nitrogens with zero attached hydrogens (tertiary/aromatic N) is 2. The van der Waals surface area contributed by atoms with Gasteiger partial charge in [-0.05, 0) is 66.3 Å². The molecule has 2 aliphatic heterocycles. The first-order valence-corrected chi connectivity index (χ1v) is 14.2. The van der Waals surface area contributed by atoms with E-state index in [2.05, 4.69) is 10.3 Å². The number of hydrogen-bond acceptors (Lipinski definition) is 5. The third-order valence-electron chi connectivity index (χ3n) is 7.86. The van der Waals surface area contributed by atoms with Gasteiger partial charge in [0.05, 0.1) is 35.9 Å². The normalized spacial score (nSPS) is 19.2. The number of methoxy groups -OCH3 is 1. The number of ether oxygens (including phenoxy) is 1. The number of esters is 1. The average molecular weight is 594 g/mol. The Hall–Kier alpha value is -4.11. The molecule has 10 heteroatoms. The Morgan fingerprint density at radius 3 is 2.71 bits per heavy atom. The summed E-state index contributed by atoms with van der Waals surface area (Å²) in [5.74, 6) is -2.88. The molecule has 2 bridgehead atoms. The number of aromatic nitrogens is 1. The van der Waals surface area contributed by atoms with E-state index in [1.54, 1.807) is 17.2 Å². The van der Waals surface area contributed by atoms with Gasteiger partial charge < -0.3 is 15.0 Å². The number of nitrogens with one attached hydrogen (secondary N) is 1. The van der Waals surface area contributed by atoms with E-state index in [-0.39, 0.29) is 59.2 Å². The number of amides is 2. The second-order valence-corrected chi connectivity index (χ2v) is 11.0. The van der Waals surface area contributed by atoms with E-state index in [1.165, 1.54) is 13.2 Å². The molecule has 2 aromatic carbocycles. The van der Waals surface area contributed by atoms with Crippen LogP contribution in [0.25, 0.3) is 16.7 Å². The minimum atomic E-state index is -0.884. The molecule has 2 aliphatic rings. The van der Waals surface area contributed by atoms with Crippen LogP contribution in [-0.2, 0) is 25.5 Å². The smallest absolute Gasteiger partial charge is 0.309 e. The van der Waals surface area contributed by atoms with Crippen molar-refractivity contribution in [3.8, 4) is 11.1 Å². The van der Waals surface area contributed by atoms with Gasteiger partial charge >= 0.3 is 5.97 Å². The van der Waals surface area contributed by atoms with Gasteiger partial charge in [0, 0.05) is 36.0 Å². The lowest BCUT2D eigenvalue weighted by molar-refractivity contribution is -0.139. The Labute approximate surface area is 247 Å². The molecule has 0 fully saturated rings. The molecule has 0 aliphatic carbocycles. The number of fused-ring (bicyclic) bond motifs is 4. The Morgan fingerprint density at radius 2 is 1.95 bits per heavy atom. The van der Waals surface area contributed by atoms with Crippen LogP contribution in [0.1, 0.15) is 55.5 Å². The molecule has 3 aromatic rings. The monoisotopic (exact) mass is 593 g/mol. The van der Waals surface area contributed by atoms with Crippen molar-refractivity contribution in [2.75, 3.05) is 19.0 Å². The number of hydrogen-bond donors (Lipinski definition) is 1. The topological polar surface area (TPSA) is 88.6 Å². The lowest BCUT2D eigenvalue weighted by Crippen LogP contribution is -2.38. The van der Waals surface area contributed by atoms with Gasteiger partial charge in [0.2, 0.25) is 11.8 Å². The molecular formula is C32H30ClF2N3O4. The lowest BCUT2D eigenvalue weighted by atomic mass is 9.92. The van der Waals surface area contributed by atoms with E-state index in [9.17, 15) is 23.2 Å². The number of carbonyl (C=O) groups excluding carboxylic acids is 3. The molecule has 2 atom stereocenters. The molecule has 5 rings (SSSR count). The second kappa shape index (κ2) is 12.4. The minimum Gasteiger partial charge on any atom is -0.469 e. The molecule has 218 valence electrons. The minimum absolute atomic E-state index is 0.0639. The Bertz CT molecular complexity index is 1590. The van der Waals surface area contributed by atoms with Crippen molar-refractivity contribution >= 4 is 40.6 Å². The highest BCUT2D eigenvalue weighted by Gasteiger charge is 2.31. The van der Waals surface area contributed by atoms with E-state index in [0.717, 1.165) is 23.3 Å². The van der Waals surface area contributed by atoms with Crippen molar-refractivity contribution in [2.24, 2.45) is 5.92 Å². The summed E-state index contributed by atoms with van der Waals surface area (Å²) in [6.07, 6.45) is 4.99. The fourth-order valence-corrected chi connectivity index (χ4v) is 5.70. The predicted octanol–water partition coefficient (Wildman–Crippen LogP) is 6.51. The van der Waals surface area contributed by atoms with Crippen LogP contribution in [0, 0.1) is 17.6 Å². The number of halogens is 3. The van der Waals surface area contributed by atoms with Gasteiger partial charge in [-0.25, -0.2) is 8.78 Å². The molecular weight excluding hydrogens is 564 g/mol.